The summed E-state index contributed by atoms with van der Waals surface area (Å²) >= 11 is 0. The molecule has 1 aliphatic carbocycles. The van der Waals surface area contributed by atoms with Crippen LogP contribution in [0.15, 0.2) is 67.0 Å². The Balaban J connectivity index is 1.25. The van der Waals surface area contributed by atoms with E-state index in [1.165, 1.54) is 6.33 Å². The second-order valence-corrected chi connectivity index (χ2v) is 10.1. The summed E-state index contributed by atoms with van der Waals surface area (Å²) in [5, 5.41) is 20.7. The number of carbonyl (C=O) groups excluding carboxylic acids is 1. The molecule has 0 atom stereocenters. The van der Waals surface area contributed by atoms with Gasteiger partial charge in [0.2, 0.25) is 0 Å². The molecule has 1 aliphatic rings. The Labute approximate surface area is 220 Å². The van der Waals surface area contributed by atoms with Gasteiger partial charge in [-0.15, -0.1) is 0 Å². The Kier molecular flexibility index (Phi) is 6.25. The molecule has 1 fully saturated rings. The van der Waals surface area contributed by atoms with Crippen molar-refractivity contribution in [1.29, 1.82) is 0 Å². The molecule has 0 unspecified atom stereocenters. The molecule has 1 saturated carbocycles. The van der Waals surface area contributed by atoms with Crippen molar-refractivity contribution >= 4 is 33.5 Å². The molecule has 38 heavy (non-hydrogen) atoms. The minimum absolute atomic E-state index is 0.0874. The number of nitrogens with zero attached hydrogens (tertiary/aromatic N) is 4. The lowest BCUT2D eigenvalue weighted by Gasteiger charge is -2.25. The molecule has 2 heterocycles. The number of aliphatic hydroxyl groups is 1. The van der Waals surface area contributed by atoms with Crippen LogP contribution < -0.4 is 11.1 Å². The summed E-state index contributed by atoms with van der Waals surface area (Å²) in [7, 11) is 0. The maximum Gasteiger partial charge on any atom is 0.252 e. The lowest BCUT2D eigenvalue weighted by atomic mass is 9.93. The number of rotatable bonds is 5. The van der Waals surface area contributed by atoms with Gasteiger partial charge in [0.25, 0.3) is 5.91 Å². The lowest BCUT2D eigenvalue weighted by molar-refractivity contribution is 0.0952. The number of anilines is 1. The lowest BCUT2D eigenvalue weighted by Crippen LogP contribution is -2.23. The number of aryl methyl sites for hydroxylation is 1. The van der Waals surface area contributed by atoms with E-state index in [4.69, 9.17) is 10.8 Å². The number of nitrogens with two attached hydrogens (primary N) is 1. The Morgan fingerprint density at radius 1 is 1.03 bits per heavy atom. The average Bonchev–Trinajstić information content (AvgIpc) is 3.33. The van der Waals surface area contributed by atoms with Crippen LogP contribution in [-0.4, -0.2) is 36.9 Å². The molecule has 2 aromatic heterocycles. The highest BCUT2D eigenvalue weighted by Crippen LogP contribution is 2.36. The maximum absolute atomic E-state index is 13.1. The number of nitrogen functional groups attached to an aromatic ring is 1. The zero-order chi connectivity index (χ0) is 26.2. The van der Waals surface area contributed by atoms with Gasteiger partial charge in [-0.25, -0.2) is 14.6 Å². The van der Waals surface area contributed by atoms with Crippen molar-refractivity contribution in [3.63, 3.8) is 0 Å². The molecule has 8 heteroatoms. The first-order chi connectivity index (χ1) is 18.5. The molecule has 0 aliphatic heterocycles. The summed E-state index contributed by atoms with van der Waals surface area (Å²) in [6.45, 7) is 2.37. The predicted octanol–water partition coefficient (Wildman–Crippen LogP) is 4.94. The number of hydrogen-bond acceptors (Lipinski definition) is 6. The van der Waals surface area contributed by atoms with Gasteiger partial charge >= 0.3 is 0 Å². The summed E-state index contributed by atoms with van der Waals surface area (Å²) in [6, 6.07) is 20.1. The first-order valence-electron chi connectivity index (χ1n) is 13.0. The third-order valence-electron chi connectivity index (χ3n) is 7.58. The van der Waals surface area contributed by atoms with Crippen LogP contribution in [0, 0.1) is 6.92 Å². The standard InChI is InChI=1S/C30H30N6O2/c1-18-6-9-20-4-2-3-5-24(20)25(18)30(38)32-16-19-7-10-21(11-8-19)27-26-28(31)33-17-34-29(26)36(35-27)22-12-14-23(37)15-13-22/h2-11,17,22-23,37H,12-16H2,1H3,(H,32,38)(H2,31,33,34). The molecule has 0 spiro atoms. The average molecular weight is 507 g/mol. The molecule has 0 saturated heterocycles. The third kappa shape index (κ3) is 4.37. The minimum Gasteiger partial charge on any atom is -0.393 e. The summed E-state index contributed by atoms with van der Waals surface area (Å²) in [5.41, 5.74) is 11.3. The molecule has 192 valence electrons. The largest absolute Gasteiger partial charge is 0.393 e. The van der Waals surface area contributed by atoms with Gasteiger partial charge < -0.3 is 16.2 Å². The van der Waals surface area contributed by atoms with E-state index in [-0.39, 0.29) is 18.1 Å². The molecule has 3 aromatic carbocycles. The Morgan fingerprint density at radius 2 is 1.79 bits per heavy atom. The van der Waals surface area contributed by atoms with E-state index in [0.717, 1.165) is 69.9 Å². The van der Waals surface area contributed by atoms with Crippen LogP contribution in [0.2, 0.25) is 0 Å². The minimum atomic E-state index is -0.246. The number of hydrogen-bond donors (Lipinski definition) is 3. The third-order valence-corrected chi connectivity index (χ3v) is 7.58. The molecular formula is C30H30N6O2. The highest BCUT2D eigenvalue weighted by atomic mass is 16.3. The SMILES string of the molecule is Cc1ccc2ccccc2c1C(=O)NCc1ccc(-c2nn(C3CCC(O)CC3)c3ncnc(N)c23)cc1. The van der Waals surface area contributed by atoms with Gasteiger partial charge in [-0.1, -0.05) is 60.7 Å². The van der Waals surface area contributed by atoms with E-state index in [1.54, 1.807) is 0 Å². The number of benzene rings is 3. The number of amides is 1. The molecule has 4 N–H and O–H groups in total. The molecule has 1 amide bonds. The topological polar surface area (TPSA) is 119 Å². The Bertz CT molecular complexity index is 1630. The second kappa shape index (κ2) is 9.87. The van der Waals surface area contributed by atoms with Gasteiger partial charge in [0.05, 0.1) is 23.1 Å². The number of nitrogens with one attached hydrogen (secondary N) is 1. The molecule has 5 aromatic rings. The zero-order valence-electron chi connectivity index (χ0n) is 21.3. The maximum atomic E-state index is 13.1. The van der Waals surface area contributed by atoms with Gasteiger partial charge in [-0.3, -0.25) is 4.79 Å². The first-order valence-corrected chi connectivity index (χ1v) is 13.0. The normalized spacial score (nSPS) is 17.6. The van der Waals surface area contributed by atoms with Crippen molar-refractivity contribution < 1.29 is 9.90 Å². The van der Waals surface area contributed by atoms with E-state index >= 15 is 0 Å². The van der Waals surface area contributed by atoms with E-state index in [1.807, 2.05) is 72.3 Å². The van der Waals surface area contributed by atoms with Gasteiger partial charge in [-0.05, 0) is 54.5 Å². The summed E-state index contributed by atoms with van der Waals surface area (Å²) in [6.07, 6.45) is 4.42. The molecule has 0 radical (unpaired) electrons. The quantitative estimate of drug-likeness (QED) is 0.311. The molecule has 8 nitrogen and oxygen atoms in total. The smallest absolute Gasteiger partial charge is 0.252 e. The number of fused-ring (bicyclic) bond motifs is 2. The van der Waals surface area contributed by atoms with Crippen molar-refractivity contribution in [3.05, 3.63) is 83.7 Å². The van der Waals surface area contributed by atoms with Crippen LogP contribution in [0.1, 0.15) is 53.2 Å². The fourth-order valence-corrected chi connectivity index (χ4v) is 5.49. The Morgan fingerprint density at radius 3 is 2.58 bits per heavy atom. The van der Waals surface area contributed by atoms with Crippen LogP contribution in [0.5, 0.6) is 0 Å². The van der Waals surface area contributed by atoms with Crippen LogP contribution in [0.3, 0.4) is 0 Å². The van der Waals surface area contributed by atoms with E-state index in [2.05, 4.69) is 15.3 Å². The van der Waals surface area contributed by atoms with Crippen LogP contribution in [0.25, 0.3) is 33.1 Å². The fourth-order valence-electron chi connectivity index (χ4n) is 5.49. The summed E-state index contributed by atoms with van der Waals surface area (Å²) in [4.78, 5) is 21.9. The van der Waals surface area contributed by atoms with Crippen LogP contribution >= 0.6 is 0 Å². The van der Waals surface area contributed by atoms with Crippen molar-refractivity contribution in [1.82, 2.24) is 25.1 Å². The van der Waals surface area contributed by atoms with E-state index in [0.29, 0.717) is 17.9 Å². The van der Waals surface area contributed by atoms with Gasteiger partial charge in [0.1, 0.15) is 17.8 Å². The van der Waals surface area contributed by atoms with Crippen LogP contribution in [0.4, 0.5) is 5.82 Å². The second-order valence-electron chi connectivity index (χ2n) is 10.1. The first kappa shape index (κ1) is 24.1. The monoisotopic (exact) mass is 506 g/mol. The molecule has 6 rings (SSSR count). The highest BCUT2D eigenvalue weighted by molar-refractivity contribution is 6.08. The fraction of sp³-hybridized carbons (Fsp3) is 0.267. The van der Waals surface area contributed by atoms with E-state index in [9.17, 15) is 9.90 Å². The van der Waals surface area contributed by atoms with E-state index < -0.39 is 0 Å². The van der Waals surface area contributed by atoms with Crippen molar-refractivity contribution in [3.8, 4) is 11.3 Å². The molecule has 0 bridgehead atoms. The number of carbonyl (C=O) groups is 1. The predicted molar refractivity (Wildman–Crippen MR) is 149 cm³/mol. The van der Waals surface area contributed by atoms with Crippen molar-refractivity contribution in [2.45, 2.75) is 51.3 Å². The zero-order valence-corrected chi connectivity index (χ0v) is 21.3. The number of aromatic nitrogens is 4. The number of aliphatic hydroxyl groups excluding tert-OH is 1. The Hall–Kier alpha value is -4.30. The van der Waals surface area contributed by atoms with Gasteiger partial charge in [0.15, 0.2) is 5.65 Å². The van der Waals surface area contributed by atoms with Crippen molar-refractivity contribution in [2.24, 2.45) is 0 Å². The molecular weight excluding hydrogens is 476 g/mol. The highest BCUT2D eigenvalue weighted by Gasteiger charge is 2.26. The summed E-state index contributed by atoms with van der Waals surface area (Å²) in [5.74, 6) is 0.310. The summed E-state index contributed by atoms with van der Waals surface area (Å²) < 4.78 is 1.95. The van der Waals surface area contributed by atoms with Gasteiger partial charge in [0, 0.05) is 12.1 Å². The van der Waals surface area contributed by atoms with Crippen molar-refractivity contribution in [2.75, 3.05) is 5.73 Å². The van der Waals surface area contributed by atoms with Gasteiger partial charge in [-0.2, -0.15) is 5.10 Å². The van der Waals surface area contributed by atoms with Crippen LogP contribution in [-0.2, 0) is 6.54 Å².